The second-order valence-corrected chi connectivity index (χ2v) is 10.1. The topological polar surface area (TPSA) is 42.2 Å². The number of ether oxygens (including phenoxy) is 2. The zero-order valence-corrected chi connectivity index (χ0v) is 22.9. The third-order valence-corrected chi connectivity index (χ3v) is 6.98. The Bertz CT molecular complexity index is 1400. The van der Waals surface area contributed by atoms with Gasteiger partial charge in [0.05, 0.1) is 22.0 Å². The van der Waals surface area contributed by atoms with Crippen molar-refractivity contribution in [3.63, 3.8) is 0 Å². The molecule has 0 heterocycles. The van der Waals surface area contributed by atoms with E-state index in [9.17, 15) is 5.26 Å². The van der Waals surface area contributed by atoms with Crippen molar-refractivity contribution in [2.45, 2.75) is 26.2 Å². The molecule has 6 heteroatoms. The minimum Gasteiger partial charge on any atom is -0.490 e. The summed E-state index contributed by atoms with van der Waals surface area (Å²) in [4.78, 5) is 0. The molecular formula is C31H26Cl3NO2. The molecule has 0 aliphatic rings. The van der Waals surface area contributed by atoms with Crippen LogP contribution in [0.1, 0.15) is 28.2 Å². The summed E-state index contributed by atoms with van der Waals surface area (Å²) < 4.78 is 11.5. The number of hydrogen-bond donors (Lipinski definition) is 0. The van der Waals surface area contributed by atoms with Crippen LogP contribution in [0.4, 0.5) is 0 Å². The zero-order chi connectivity index (χ0) is 26.4. The Labute approximate surface area is 233 Å². The van der Waals surface area contributed by atoms with E-state index < -0.39 is 0 Å². The third kappa shape index (κ3) is 6.79. The Morgan fingerprint density at radius 2 is 1.46 bits per heavy atom. The predicted molar refractivity (Wildman–Crippen MR) is 152 cm³/mol. The molecule has 0 amide bonds. The second-order valence-electron chi connectivity index (χ2n) is 8.84. The van der Waals surface area contributed by atoms with Crippen LogP contribution in [-0.2, 0) is 6.42 Å². The standard InChI is InChI=1S/C31H26Cl3NO2/c1-20-15-29(33)31(30(34)16-20)37-14-13-36-25-10-7-22(8-11-25)18-24(19-35)26-12-9-23(17-21(26)2)27-5-3-4-6-28(27)32/h3-12,15-17,24H,13-14,18H2,1-2H3. The smallest absolute Gasteiger partial charge is 0.156 e. The van der Waals surface area contributed by atoms with E-state index in [-0.39, 0.29) is 5.92 Å². The van der Waals surface area contributed by atoms with Gasteiger partial charge in [0.2, 0.25) is 0 Å². The molecule has 0 aliphatic carbocycles. The van der Waals surface area contributed by atoms with Crippen LogP contribution in [0.25, 0.3) is 11.1 Å². The maximum Gasteiger partial charge on any atom is 0.156 e. The third-order valence-electron chi connectivity index (χ3n) is 6.09. The number of nitriles is 1. The maximum atomic E-state index is 9.91. The normalized spacial score (nSPS) is 11.6. The lowest BCUT2D eigenvalue weighted by Gasteiger charge is -2.15. The van der Waals surface area contributed by atoms with Gasteiger partial charge in [0.25, 0.3) is 0 Å². The van der Waals surface area contributed by atoms with E-state index in [0.29, 0.717) is 40.5 Å². The van der Waals surface area contributed by atoms with Gasteiger partial charge in [0.15, 0.2) is 5.75 Å². The highest BCUT2D eigenvalue weighted by Gasteiger charge is 2.16. The van der Waals surface area contributed by atoms with Crippen molar-refractivity contribution in [2.24, 2.45) is 0 Å². The number of benzene rings is 4. The Hall–Kier alpha value is -3.16. The van der Waals surface area contributed by atoms with E-state index in [4.69, 9.17) is 44.3 Å². The van der Waals surface area contributed by atoms with Gasteiger partial charge in [-0.25, -0.2) is 0 Å². The minimum absolute atomic E-state index is 0.260. The zero-order valence-electron chi connectivity index (χ0n) is 20.6. The minimum atomic E-state index is -0.260. The first kappa shape index (κ1) is 26.9. The summed E-state index contributed by atoms with van der Waals surface area (Å²) in [5.41, 5.74) is 6.14. The van der Waals surface area contributed by atoms with Gasteiger partial charge in [-0.15, -0.1) is 0 Å². The highest BCUT2D eigenvalue weighted by molar-refractivity contribution is 6.37. The second kappa shape index (κ2) is 12.4. The van der Waals surface area contributed by atoms with Crippen LogP contribution in [0.5, 0.6) is 11.5 Å². The van der Waals surface area contributed by atoms with Gasteiger partial charge in [-0.05, 0) is 78.4 Å². The van der Waals surface area contributed by atoms with E-state index in [0.717, 1.165) is 39.1 Å². The van der Waals surface area contributed by atoms with Crippen molar-refractivity contribution < 1.29 is 9.47 Å². The molecule has 0 N–H and O–H groups in total. The fraction of sp³-hybridized carbons (Fsp3) is 0.194. The molecule has 4 aromatic rings. The Morgan fingerprint density at radius 3 is 2.11 bits per heavy atom. The van der Waals surface area contributed by atoms with Crippen molar-refractivity contribution in [3.05, 3.63) is 116 Å². The molecule has 188 valence electrons. The Balaban J connectivity index is 1.35. The van der Waals surface area contributed by atoms with E-state index in [1.807, 2.05) is 86.6 Å². The summed E-state index contributed by atoms with van der Waals surface area (Å²) in [6, 6.07) is 27.8. The van der Waals surface area contributed by atoms with Crippen LogP contribution in [0, 0.1) is 25.2 Å². The molecule has 0 fully saturated rings. The van der Waals surface area contributed by atoms with Crippen LogP contribution in [0.2, 0.25) is 15.1 Å². The van der Waals surface area contributed by atoms with Crippen LogP contribution >= 0.6 is 34.8 Å². The van der Waals surface area contributed by atoms with Crippen molar-refractivity contribution in [3.8, 4) is 28.7 Å². The number of nitrogens with zero attached hydrogens (tertiary/aromatic N) is 1. The lowest BCUT2D eigenvalue weighted by Crippen LogP contribution is -2.09. The fourth-order valence-corrected chi connectivity index (χ4v) is 5.19. The lowest BCUT2D eigenvalue weighted by molar-refractivity contribution is 0.217. The van der Waals surface area contributed by atoms with Crippen molar-refractivity contribution in [2.75, 3.05) is 13.2 Å². The molecule has 37 heavy (non-hydrogen) atoms. The first-order valence-corrected chi connectivity index (χ1v) is 13.0. The van der Waals surface area contributed by atoms with E-state index >= 15 is 0 Å². The number of hydrogen-bond acceptors (Lipinski definition) is 3. The number of halogens is 3. The monoisotopic (exact) mass is 549 g/mol. The van der Waals surface area contributed by atoms with Gasteiger partial charge in [-0.2, -0.15) is 5.26 Å². The Morgan fingerprint density at radius 1 is 0.784 bits per heavy atom. The molecule has 0 bridgehead atoms. The molecule has 0 spiro atoms. The average molecular weight is 551 g/mol. The molecular weight excluding hydrogens is 525 g/mol. The molecule has 0 radical (unpaired) electrons. The quantitative estimate of drug-likeness (QED) is 0.195. The van der Waals surface area contributed by atoms with Crippen LogP contribution < -0.4 is 9.47 Å². The molecule has 1 unspecified atom stereocenters. The van der Waals surface area contributed by atoms with Gasteiger partial charge in [0.1, 0.15) is 19.0 Å². The van der Waals surface area contributed by atoms with Gasteiger partial charge in [-0.3, -0.25) is 0 Å². The highest BCUT2D eigenvalue weighted by Crippen LogP contribution is 2.34. The van der Waals surface area contributed by atoms with E-state index in [1.54, 1.807) is 0 Å². The van der Waals surface area contributed by atoms with Crippen molar-refractivity contribution in [1.82, 2.24) is 0 Å². The predicted octanol–water partition coefficient (Wildman–Crippen LogP) is 9.24. The van der Waals surface area contributed by atoms with Crippen LogP contribution in [0.3, 0.4) is 0 Å². The lowest BCUT2D eigenvalue weighted by atomic mass is 9.88. The van der Waals surface area contributed by atoms with E-state index in [2.05, 4.69) is 12.1 Å². The SMILES string of the molecule is Cc1cc(Cl)c(OCCOc2ccc(CC(C#N)c3ccc(-c4ccccc4Cl)cc3C)cc2)c(Cl)c1. The Kier molecular flexibility index (Phi) is 9.00. The summed E-state index contributed by atoms with van der Waals surface area (Å²) in [5.74, 6) is 0.928. The summed E-state index contributed by atoms with van der Waals surface area (Å²) in [6.45, 7) is 4.62. The summed E-state index contributed by atoms with van der Waals surface area (Å²) in [5, 5.41) is 11.6. The van der Waals surface area contributed by atoms with Crippen molar-refractivity contribution in [1.29, 1.82) is 5.26 Å². The molecule has 0 aliphatic heterocycles. The molecule has 3 nitrogen and oxygen atoms in total. The first-order valence-electron chi connectivity index (χ1n) is 11.9. The van der Waals surface area contributed by atoms with Gasteiger partial charge >= 0.3 is 0 Å². The van der Waals surface area contributed by atoms with Crippen molar-refractivity contribution >= 4 is 34.8 Å². The molecule has 0 aromatic heterocycles. The first-order chi connectivity index (χ1) is 17.9. The fourth-order valence-electron chi connectivity index (χ4n) is 4.24. The molecule has 0 saturated heterocycles. The number of aryl methyl sites for hydroxylation is 2. The number of rotatable bonds is 9. The molecule has 4 rings (SSSR count). The van der Waals surface area contributed by atoms with Crippen LogP contribution in [-0.4, -0.2) is 13.2 Å². The molecule has 1 atom stereocenters. The van der Waals surface area contributed by atoms with Gasteiger partial charge in [-0.1, -0.05) is 83.3 Å². The average Bonchev–Trinajstić information content (AvgIpc) is 2.87. The maximum absolute atomic E-state index is 9.91. The highest BCUT2D eigenvalue weighted by atomic mass is 35.5. The largest absolute Gasteiger partial charge is 0.490 e. The summed E-state index contributed by atoms with van der Waals surface area (Å²) in [7, 11) is 0. The summed E-state index contributed by atoms with van der Waals surface area (Å²) >= 11 is 18.8. The van der Waals surface area contributed by atoms with Gasteiger partial charge < -0.3 is 9.47 Å². The molecule has 0 saturated carbocycles. The van der Waals surface area contributed by atoms with Gasteiger partial charge in [0, 0.05) is 10.6 Å². The summed E-state index contributed by atoms with van der Waals surface area (Å²) in [6.07, 6.45) is 0.608. The van der Waals surface area contributed by atoms with E-state index in [1.165, 1.54) is 0 Å². The van der Waals surface area contributed by atoms with Crippen LogP contribution in [0.15, 0.2) is 78.9 Å². The molecule has 4 aromatic carbocycles.